The zero-order chi connectivity index (χ0) is 24.6. The number of ether oxygens (including phenoxy) is 2. The molecule has 2 heterocycles. The Hall–Kier alpha value is -3.07. The largest absolute Gasteiger partial charge is 0.466 e. The van der Waals surface area contributed by atoms with Crippen LogP contribution in [0.1, 0.15) is 45.7 Å². The van der Waals surface area contributed by atoms with Crippen molar-refractivity contribution in [2.45, 2.75) is 52.2 Å². The maximum atomic E-state index is 12.8. The molecule has 0 unspecified atom stereocenters. The number of β-amino-alcohol motifs (C(OH)–C–C–N with tert-alkyl or cyclic N) is 1. The van der Waals surface area contributed by atoms with Crippen molar-refractivity contribution < 1.29 is 29.0 Å². The van der Waals surface area contributed by atoms with E-state index in [2.05, 4.69) is 19.2 Å². The highest BCUT2D eigenvalue weighted by atomic mass is 16.6. The Kier molecular flexibility index (Phi) is 6.74. The number of nitrogens with one attached hydrogen (secondary N) is 1. The summed E-state index contributed by atoms with van der Waals surface area (Å²) in [5, 5.41) is 12.3. The van der Waals surface area contributed by atoms with Crippen LogP contribution in [0.3, 0.4) is 0 Å². The molecule has 0 spiro atoms. The molecule has 2 aliphatic rings. The lowest BCUT2D eigenvalue weighted by molar-refractivity contribution is -0.136. The lowest BCUT2D eigenvalue weighted by Gasteiger charge is -2.40. The van der Waals surface area contributed by atoms with Gasteiger partial charge in [0.25, 0.3) is 5.91 Å². The van der Waals surface area contributed by atoms with Gasteiger partial charge in [-0.2, -0.15) is 0 Å². The lowest BCUT2D eigenvalue weighted by atomic mass is 9.78. The number of rotatable bonds is 5. The summed E-state index contributed by atoms with van der Waals surface area (Å²) >= 11 is 0. The quantitative estimate of drug-likeness (QED) is 0.651. The molecule has 0 radical (unpaired) electrons. The van der Waals surface area contributed by atoms with E-state index in [9.17, 15) is 19.5 Å². The summed E-state index contributed by atoms with van der Waals surface area (Å²) in [4.78, 5) is 40.8. The van der Waals surface area contributed by atoms with Gasteiger partial charge >= 0.3 is 12.1 Å². The predicted molar refractivity (Wildman–Crippen MR) is 122 cm³/mol. The number of hydrogen-bond donors (Lipinski definition) is 2. The van der Waals surface area contributed by atoms with Crippen LogP contribution in [0, 0.1) is 0 Å². The molecule has 0 aromatic heterocycles. The zero-order valence-electron chi connectivity index (χ0n) is 20.2. The number of carbonyl (C=O) groups is 3. The number of esters is 1. The topological polar surface area (TPSA) is 108 Å². The molecule has 2 amide bonds. The molecule has 1 aromatic carbocycles. The van der Waals surface area contributed by atoms with Gasteiger partial charge in [0.2, 0.25) is 0 Å². The van der Waals surface area contributed by atoms with Crippen molar-refractivity contribution in [3.63, 3.8) is 0 Å². The third-order valence-corrected chi connectivity index (χ3v) is 5.66. The first-order chi connectivity index (χ1) is 15.4. The Morgan fingerprint density at radius 1 is 1.21 bits per heavy atom. The Bertz CT molecular complexity index is 992. The minimum atomic E-state index is -0.596. The highest BCUT2D eigenvalue weighted by Crippen LogP contribution is 2.36. The molecule has 0 atom stereocenters. The van der Waals surface area contributed by atoms with Crippen LogP contribution >= 0.6 is 0 Å². The molecule has 1 aromatic rings. The van der Waals surface area contributed by atoms with E-state index in [4.69, 9.17) is 9.47 Å². The second-order valence-corrected chi connectivity index (χ2v) is 10.0. The van der Waals surface area contributed by atoms with Gasteiger partial charge in [0, 0.05) is 30.7 Å². The van der Waals surface area contributed by atoms with Gasteiger partial charge in [-0.25, -0.2) is 9.59 Å². The minimum absolute atomic E-state index is 0.0682. The first-order valence-electron chi connectivity index (χ1n) is 11.0. The van der Waals surface area contributed by atoms with Crippen molar-refractivity contribution in [3.05, 3.63) is 40.6 Å². The Morgan fingerprint density at radius 3 is 2.52 bits per heavy atom. The second kappa shape index (κ2) is 9.05. The van der Waals surface area contributed by atoms with Gasteiger partial charge in [-0.1, -0.05) is 19.9 Å². The molecule has 0 fully saturated rings. The number of aliphatic hydroxyl groups is 1. The lowest BCUT2D eigenvalue weighted by Crippen LogP contribution is -2.46. The number of fused-ring (bicyclic) bond motifs is 1. The van der Waals surface area contributed by atoms with Crippen molar-refractivity contribution in [2.24, 2.45) is 0 Å². The highest BCUT2D eigenvalue weighted by Gasteiger charge is 2.37. The summed E-state index contributed by atoms with van der Waals surface area (Å²) in [5.41, 5.74) is 2.12. The van der Waals surface area contributed by atoms with Crippen LogP contribution in [0.15, 0.2) is 29.5 Å². The summed E-state index contributed by atoms with van der Waals surface area (Å²) in [7, 11) is 1.26. The molecular weight excluding hydrogens is 426 g/mol. The van der Waals surface area contributed by atoms with E-state index in [0.29, 0.717) is 18.8 Å². The number of anilines is 1. The number of hydrogen-bond acceptors (Lipinski definition) is 7. The fraction of sp³-hybridized carbons (Fsp3) is 0.542. The summed E-state index contributed by atoms with van der Waals surface area (Å²) < 4.78 is 10.4. The van der Waals surface area contributed by atoms with Crippen LogP contribution in [0.2, 0.25) is 0 Å². The van der Waals surface area contributed by atoms with Crippen LogP contribution in [0.5, 0.6) is 0 Å². The highest BCUT2D eigenvalue weighted by molar-refractivity contribution is 6.08. The number of aliphatic hydroxyl groups excluding tert-OH is 1. The van der Waals surface area contributed by atoms with Crippen molar-refractivity contribution in [1.29, 1.82) is 0 Å². The van der Waals surface area contributed by atoms with Gasteiger partial charge in [-0.15, -0.1) is 0 Å². The Labute approximate surface area is 194 Å². The van der Waals surface area contributed by atoms with Crippen LogP contribution in [-0.2, 0) is 31.0 Å². The maximum absolute atomic E-state index is 12.8. The van der Waals surface area contributed by atoms with Crippen LogP contribution in [-0.4, -0.2) is 71.8 Å². The summed E-state index contributed by atoms with van der Waals surface area (Å²) in [5.74, 6) is -0.973. The third kappa shape index (κ3) is 5.30. The Balaban J connectivity index is 1.90. The molecule has 0 bridgehead atoms. The molecule has 2 N–H and O–H groups in total. The predicted octanol–water partition coefficient (Wildman–Crippen LogP) is 2.39. The van der Waals surface area contributed by atoms with Gasteiger partial charge in [-0.05, 0) is 44.0 Å². The Morgan fingerprint density at radius 2 is 1.91 bits per heavy atom. The van der Waals surface area contributed by atoms with E-state index in [1.165, 1.54) is 12.0 Å². The summed E-state index contributed by atoms with van der Waals surface area (Å²) in [6.07, 6.45) is -0.374. The van der Waals surface area contributed by atoms with E-state index in [1.54, 1.807) is 4.90 Å². The van der Waals surface area contributed by atoms with Gasteiger partial charge in [0.15, 0.2) is 0 Å². The zero-order valence-corrected chi connectivity index (χ0v) is 20.2. The number of methoxy groups -OCH3 is 1. The SMILES string of the molecule is COC(=O)C1=C(Nc2ccc3c(c2)CN(C(=O)OC(C)(C)C)CC3(C)C)C(=O)N(CCO)C1. The molecule has 3 rings (SSSR count). The van der Waals surface area contributed by atoms with E-state index in [1.807, 2.05) is 39.0 Å². The summed E-state index contributed by atoms with van der Waals surface area (Å²) in [6, 6.07) is 5.72. The van der Waals surface area contributed by atoms with Crippen molar-refractivity contribution in [3.8, 4) is 0 Å². The molecule has 2 aliphatic heterocycles. The molecule has 9 heteroatoms. The van der Waals surface area contributed by atoms with Crippen LogP contribution in [0.25, 0.3) is 0 Å². The monoisotopic (exact) mass is 459 g/mol. The molecule has 0 saturated carbocycles. The normalized spacial score (nSPS) is 17.7. The first kappa shape index (κ1) is 24.6. The minimum Gasteiger partial charge on any atom is -0.466 e. The van der Waals surface area contributed by atoms with Crippen LogP contribution in [0.4, 0.5) is 10.5 Å². The smallest absolute Gasteiger partial charge is 0.410 e. The van der Waals surface area contributed by atoms with Crippen LogP contribution < -0.4 is 5.32 Å². The van der Waals surface area contributed by atoms with Gasteiger partial charge in [0.05, 0.1) is 25.8 Å². The standard InChI is InChI=1S/C24H33N3O6/c1-23(2,3)33-22(31)27-12-15-11-16(7-8-18(15)24(4,5)14-27)25-19-17(21(30)32-6)13-26(9-10-28)20(19)29/h7-8,11,25,28H,9-10,12-14H2,1-6H3. The number of amides is 2. The summed E-state index contributed by atoms with van der Waals surface area (Å²) in [6.45, 7) is 10.5. The van der Waals surface area contributed by atoms with Crippen molar-refractivity contribution in [2.75, 3.05) is 38.7 Å². The third-order valence-electron chi connectivity index (χ3n) is 5.66. The van der Waals surface area contributed by atoms with E-state index < -0.39 is 11.6 Å². The molecule has 0 aliphatic carbocycles. The van der Waals surface area contributed by atoms with Crippen molar-refractivity contribution in [1.82, 2.24) is 9.80 Å². The maximum Gasteiger partial charge on any atom is 0.410 e. The number of benzene rings is 1. The molecule has 180 valence electrons. The molecule has 9 nitrogen and oxygen atoms in total. The second-order valence-electron chi connectivity index (χ2n) is 10.0. The van der Waals surface area contributed by atoms with E-state index >= 15 is 0 Å². The van der Waals surface area contributed by atoms with Crippen molar-refractivity contribution >= 4 is 23.7 Å². The van der Waals surface area contributed by atoms with Gasteiger partial charge < -0.3 is 29.7 Å². The molecular formula is C24H33N3O6. The fourth-order valence-electron chi connectivity index (χ4n) is 4.24. The fourth-order valence-corrected chi connectivity index (χ4v) is 4.24. The van der Waals surface area contributed by atoms with E-state index in [0.717, 1.165) is 11.1 Å². The van der Waals surface area contributed by atoms with Gasteiger partial charge in [0.1, 0.15) is 11.3 Å². The number of nitrogens with zero attached hydrogens (tertiary/aromatic N) is 2. The average molecular weight is 460 g/mol. The first-order valence-corrected chi connectivity index (χ1v) is 11.0. The van der Waals surface area contributed by atoms with Gasteiger partial charge in [-0.3, -0.25) is 4.79 Å². The molecule has 33 heavy (non-hydrogen) atoms. The average Bonchev–Trinajstić information content (AvgIpc) is 3.01. The number of carbonyl (C=O) groups excluding carboxylic acids is 3. The van der Waals surface area contributed by atoms with E-state index in [-0.39, 0.29) is 48.4 Å². The molecule has 0 saturated heterocycles.